The predicted molar refractivity (Wildman–Crippen MR) is 78.6 cm³/mol. The number of hydrogen-bond donors (Lipinski definition) is 0. The standard InChI is InChI=1S/C15H20N4O2/c1-18(9-10-19-8-3-2-7-14(19)20)11-12-5-4-6-13-15(12)17-21-16-13/h4-6H,2-3,7-11H2,1H3. The number of hydrogen-bond acceptors (Lipinski definition) is 5. The number of carbonyl (C=O) groups excluding carboxylic acids is 1. The van der Waals surface area contributed by atoms with Gasteiger partial charge in [0.1, 0.15) is 11.0 Å². The van der Waals surface area contributed by atoms with Gasteiger partial charge in [0.2, 0.25) is 5.91 Å². The van der Waals surface area contributed by atoms with Crippen LogP contribution >= 0.6 is 0 Å². The second-order valence-electron chi connectivity index (χ2n) is 5.62. The van der Waals surface area contributed by atoms with Crippen molar-refractivity contribution in [3.05, 3.63) is 23.8 Å². The van der Waals surface area contributed by atoms with Crippen molar-refractivity contribution in [2.75, 3.05) is 26.7 Å². The lowest BCUT2D eigenvalue weighted by atomic mass is 10.1. The fraction of sp³-hybridized carbons (Fsp3) is 0.533. The van der Waals surface area contributed by atoms with E-state index < -0.39 is 0 Å². The molecule has 2 aromatic rings. The van der Waals surface area contributed by atoms with E-state index in [1.54, 1.807) is 0 Å². The highest BCUT2D eigenvalue weighted by molar-refractivity contribution is 5.77. The molecule has 1 aliphatic rings. The molecule has 0 spiro atoms. The van der Waals surface area contributed by atoms with Crippen LogP contribution in [0.15, 0.2) is 22.8 Å². The lowest BCUT2D eigenvalue weighted by Crippen LogP contribution is -2.40. The molecule has 112 valence electrons. The first-order chi connectivity index (χ1) is 10.2. The van der Waals surface area contributed by atoms with Gasteiger partial charge in [-0.05, 0) is 41.8 Å². The number of amides is 1. The van der Waals surface area contributed by atoms with Gasteiger partial charge in [-0.3, -0.25) is 4.79 Å². The van der Waals surface area contributed by atoms with Crippen molar-refractivity contribution >= 4 is 16.9 Å². The fourth-order valence-electron chi connectivity index (χ4n) is 2.75. The summed E-state index contributed by atoms with van der Waals surface area (Å²) in [6, 6.07) is 5.89. The maximum absolute atomic E-state index is 11.8. The summed E-state index contributed by atoms with van der Waals surface area (Å²) >= 11 is 0. The van der Waals surface area contributed by atoms with Gasteiger partial charge in [-0.25, -0.2) is 4.63 Å². The molecule has 0 aliphatic carbocycles. The van der Waals surface area contributed by atoms with E-state index in [0.717, 1.165) is 55.6 Å². The number of likely N-dealkylation sites (tertiary alicyclic amines) is 1. The molecular weight excluding hydrogens is 268 g/mol. The lowest BCUT2D eigenvalue weighted by molar-refractivity contribution is -0.133. The maximum Gasteiger partial charge on any atom is 0.222 e. The molecule has 1 aromatic heterocycles. The molecule has 1 aliphatic heterocycles. The van der Waals surface area contributed by atoms with Crippen LogP contribution in [0.3, 0.4) is 0 Å². The van der Waals surface area contributed by atoms with Gasteiger partial charge in [0.25, 0.3) is 0 Å². The van der Waals surface area contributed by atoms with Gasteiger partial charge >= 0.3 is 0 Å². The van der Waals surface area contributed by atoms with Crippen LogP contribution in [0, 0.1) is 0 Å². The second kappa shape index (κ2) is 6.22. The molecule has 21 heavy (non-hydrogen) atoms. The molecular formula is C15H20N4O2. The fourth-order valence-corrected chi connectivity index (χ4v) is 2.75. The molecule has 0 N–H and O–H groups in total. The van der Waals surface area contributed by atoms with Crippen LogP contribution in [0.1, 0.15) is 24.8 Å². The number of piperidine rings is 1. The van der Waals surface area contributed by atoms with Crippen LogP contribution < -0.4 is 0 Å². The van der Waals surface area contributed by atoms with Crippen molar-refractivity contribution in [2.24, 2.45) is 0 Å². The van der Waals surface area contributed by atoms with Crippen molar-refractivity contribution in [1.29, 1.82) is 0 Å². The van der Waals surface area contributed by atoms with E-state index >= 15 is 0 Å². The molecule has 1 aromatic carbocycles. The van der Waals surface area contributed by atoms with Gasteiger partial charge in [0.15, 0.2) is 0 Å². The van der Waals surface area contributed by atoms with Crippen LogP contribution in [-0.2, 0) is 11.3 Å². The Hall–Kier alpha value is -1.95. The number of benzene rings is 1. The minimum absolute atomic E-state index is 0.289. The van der Waals surface area contributed by atoms with Gasteiger partial charge < -0.3 is 9.80 Å². The quantitative estimate of drug-likeness (QED) is 0.837. The Morgan fingerprint density at radius 2 is 2.24 bits per heavy atom. The highest BCUT2D eigenvalue weighted by atomic mass is 16.6. The molecule has 1 amide bonds. The number of aromatic nitrogens is 2. The van der Waals surface area contributed by atoms with Crippen molar-refractivity contribution in [2.45, 2.75) is 25.8 Å². The Morgan fingerprint density at radius 3 is 3.10 bits per heavy atom. The highest BCUT2D eigenvalue weighted by Crippen LogP contribution is 2.16. The van der Waals surface area contributed by atoms with Gasteiger partial charge in [0, 0.05) is 32.6 Å². The number of fused-ring (bicyclic) bond motifs is 1. The zero-order chi connectivity index (χ0) is 14.7. The highest BCUT2D eigenvalue weighted by Gasteiger charge is 2.18. The molecule has 0 atom stereocenters. The zero-order valence-corrected chi connectivity index (χ0v) is 12.3. The summed E-state index contributed by atoms with van der Waals surface area (Å²) in [7, 11) is 2.06. The maximum atomic E-state index is 11.8. The van der Waals surface area contributed by atoms with E-state index in [4.69, 9.17) is 4.63 Å². The predicted octanol–water partition coefficient (Wildman–Crippen LogP) is 1.67. The SMILES string of the molecule is CN(CCN1CCCCC1=O)Cc1cccc2nonc12. The summed E-state index contributed by atoms with van der Waals surface area (Å²) in [5.74, 6) is 0.289. The summed E-state index contributed by atoms with van der Waals surface area (Å²) in [4.78, 5) is 16.0. The summed E-state index contributed by atoms with van der Waals surface area (Å²) in [5, 5.41) is 7.81. The van der Waals surface area contributed by atoms with Gasteiger partial charge in [-0.1, -0.05) is 12.1 Å². The average molecular weight is 288 g/mol. The van der Waals surface area contributed by atoms with E-state index in [0.29, 0.717) is 6.42 Å². The molecule has 1 saturated heterocycles. The first kappa shape index (κ1) is 14.0. The number of rotatable bonds is 5. The first-order valence-electron chi connectivity index (χ1n) is 7.40. The average Bonchev–Trinajstić information content (AvgIpc) is 2.96. The van der Waals surface area contributed by atoms with Crippen LogP contribution in [0.5, 0.6) is 0 Å². The minimum atomic E-state index is 0.289. The zero-order valence-electron chi connectivity index (χ0n) is 12.3. The Bertz CT molecular complexity index is 625. The van der Waals surface area contributed by atoms with E-state index in [1.807, 2.05) is 23.1 Å². The van der Waals surface area contributed by atoms with Gasteiger partial charge in [0.05, 0.1) is 0 Å². The third-order valence-electron chi connectivity index (χ3n) is 3.98. The smallest absolute Gasteiger partial charge is 0.222 e. The van der Waals surface area contributed by atoms with Crippen molar-refractivity contribution in [3.63, 3.8) is 0 Å². The summed E-state index contributed by atoms with van der Waals surface area (Å²) in [6.45, 7) is 3.32. The Morgan fingerprint density at radius 1 is 1.33 bits per heavy atom. The third-order valence-corrected chi connectivity index (χ3v) is 3.98. The lowest BCUT2D eigenvalue weighted by Gasteiger charge is -2.28. The molecule has 1 fully saturated rings. The molecule has 6 nitrogen and oxygen atoms in total. The monoisotopic (exact) mass is 288 g/mol. The molecule has 3 rings (SSSR count). The topological polar surface area (TPSA) is 62.5 Å². The number of carbonyl (C=O) groups is 1. The van der Waals surface area contributed by atoms with Crippen molar-refractivity contribution in [1.82, 2.24) is 20.1 Å². The van der Waals surface area contributed by atoms with Crippen molar-refractivity contribution < 1.29 is 9.42 Å². The van der Waals surface area contributed by atoms with E-state index in [-0.39, 0.29) is 5.91 Å². The first-order valence-corrected chi connectivity index (χ1v) is 7.40. The van der Waals surface area contributed by atoms with Crippen molar-refractivity contribution in [3.8, 4) is 0 Å². The molecule has 0 radical (unpaired) electrons. The van der Waals surface area contributed by atoms with Crippen LogP contribution in [-0.4, -0.2) is 52.7 Å². The largest absolute Gasteiger partial charge is 0.341 e. The van der Waals surface area contributed by atoms with Crippen LogP contribution in [0.4, 0.5) is 0 Å². The molecule has 0 bridgehead atoms. The summed E-state index contributed by atoms with van der Waals surface area (Å²) in [5.41, 5.74) is 2.70. The van der Waals surface area contributed by atoms with E-state index in [9.17, 15) is 4.79 Å². The minimum Gasteiger partial charge on any atom is -0.341 e. The second-order valence-corrected chi connectivity index (χ2v) is 5.62. The Kier molecular flexibility index (Phi) is 4.15. The third kappa shape index (κ3) is 3.21. The summed E-state index contributed by atoms with van der Waals surface area (Å²) in [6.07, 6.45) is 2.86. The molecule has 6 heteroatoms. The van der Waals surface area contributed by atoms with E-state index in [1.165, 1.54) is 0 Å². The summed E-state index contributed by atoms with van der Waals surface area (Å²) < 4.78 is 4.78. The van der Waals surface area contributed by atoms with Gasteiger partial charge in [-0.15, -0.1) is 0 Å². The van der Waals surface area contributed by atoms with E-state index in [2.05, 4.69) is 22.3 Å². The Balaban J connectivity index is 1.57. The molecule has 0 saturated carbocycles. The number of likely N-dealkylation sites (N-methyl/N-ethyl adjacent to an activating group) is 1. The van der Waals surface area contributed by atoms with Crippen LogP contribution in [0.25, 0.3) is 11.0 Å². The normalized spacial score (nSPS) is 16.1. The Labute approximate surface area is 123 Å². The molecule has 0 unspecified atom stereocenters. The van der Waals surface area contributed by atoms with Gasteiger partial charge in [-0.2, -0.15) is 0 Å². The number of nitrogens with zero attached hydrogens (tertiary/aromatic N) is 4. The molecule has 2 heterocycles. The van der Waals surface area contributed by atoms with Crippen LogP contribution in [0.2, 0.25) is 0 Å².